The van der Waals surface area contributed by atoms with Gasteiger partial charge in [0.05, 0.1) is 39.0 Å². The van der Waals surface area contributed by atoms with Gasteiger partial charge in [-0.1, -0.05) is 121 Å². The molecule has 0 aliphatic rings. The Kier molecular flexibility index (Phi) is 5.88. The zero-order chi connectivity index (χ0) is 30.6. The van der Waals surface area contributed by atoms with Crippen LogP contribution >= 0.6 is 0 Å². The van der Waals surface area contributed by atoms with E-state index >= 15 is 0 Å². The summed E-state index contributed by atoms with van der Waals surface area (Å²) in [6.07, 6.45) is 0. The van der Waals surface area contributed by atoms with Crippen LogP contribution in [0.5, 0.6) is 0 Å². The van der Waals surface area contributed by atoms with Gasteiger partial charge in [-0.2, -0.15) is 5.26 Å². The molecule has 9 aromatic rings. The molecule has 0 radical (unpaired) electrons. The molecular weight excluding hydrogens is 558 g/mol. The molecule has 0 spiro atoms. The van der Waals surface area contributed by atoms with Crippen molar-refractivity contribution < 1.29 is 0 Å². The average molecular weight is 586 g/mol. The highest BCUT2D eigenvalue weighted by Crippen LogP contribution is 2.39. The molecule has 0 bridgehead atoms. The van der Waals surface area contributed by atoms with Crippen molar-refractivity contribution in [3.05, 3.63) is 169 Å². The number of benzene rings is 7. The Balaban J connectivity index is 1.24. The van der Waals surface area contributed by atoms with Gasteiger partial charge in [0.25, 0.3) is 0 Å². The fourth-order valence-electron chi connectivity index (χ4n) is 7.22. The third-order valence-corrected chi connectivity index (χ3v) is 9.18. The van der Waals surface area contributed by atoms with Crippen LogP contribution in [0.4, 0.5) is 0 Å². The summed E-state index contributed by atoms with van der Waals surface area (Å²) in [5, 5.41) is 15.5. The molecule has 7 aromatic carbocycles. The lowest BCUT2D eigenvalue weighted by molar-refractivity contribution is 1.17. The first-order chi connectivity index (χ1) is 22.8. The van der Waals surface area contributed by atoms with Crippen molar-refractivity contribution >= 4 is 43.6 Å². The molecule has 0 atom stereocenters. The Morgan fingerprint density at radius 1 is 0.370 bits per heavy atom. The molecule has 3 heteroatoms. The Bertz CT molecular complexity index is 2560. The maximum atomic E-state index is 10.7. The minimum absolute atomic E-state index is 0.654. The summed E-state index contributed by atoms with van der Waals surface area (Å²) < 4.78 is 4.60. The molecule has 3 nitrogen and oxygen atoms in total. The Hall–Kier alpha value is -6.37. The van der Waals surface area contributed by atoms with E-state index in [-0.39, 0.29) is 0 Å². The van der Waals surface area contributed by atoms with E-state index in [0.29, 0.717) is 5.56 Å². The molecule has 0 unspecified atom stereocenters. The van der Waals surface area contributed by atoms with Gasteiger partial charge in [0.2, 0.25) is 0 Å². The second-order valence-electron chi connectivity index (χ2n) is 11.6. The minimum atomic E-state index is 0.654. The van der Waals surface area contributed by atoms with E-state index in [9.17, 15) is 5.26 Å². The molecule has 0 saturated carbocycles. The molecule has 2 heterocycles. The Morgan fingerprint density at radius 2 is 0.761 bits per heavy atom. The van der Waals surface area contributed by atoms with Gasteiger partial charge in [-0.05, 0) is 53.6 Å². The van der Waals surface area contributed by atoms with Crippen LogP contribution in [0.1, 0.15) is 5.56 Å². The summed E-state index contributed by atoms with van der Waals surface area (Å²) in [6.45, 7) is 0. The molecule has 0 aliphatic heterocycles. The van der Waals surface area contributed by atoms with Gasteiger partial charge in [-0.15, -0.1) is 0 Å². The van der Waals surface area contributed by atoms with Crippen molar-refractivity contribution in [1.82, 2.24) is 9.13 Å². The largest absolute Gasteiger partial charge is 0.309 e. The number of nitriles is 1. The van der Waals surface area contributed by atoms with Gasteiger partial charge in [0.1, 0.15) is 6.07 Å². The van der Waals surface area contributed by atoms with Crippen molar-refractivity contribution in [2.75, 3.05) is 0 Å². The van der Waals surface area contributed by atoms with Crippen LogP contribution in [0.2, 0.25) is 0 Å². The van der Waals surface area contributed by atoms with Crippen LogP contribution in [0, 0.1) is 11.3 Å². The number of nitrogens with zero attached hydrogens (tertiary/aromatic N) is 3. The van der Waals surface area contributed by atoms with Gasteiger partial charge in [-0.25, -0.2) is 0 Å². The second-order valence-corrected chi connectivity index (χ2v) is 11.6. The zero-order valence-electron chi connectivity index (χ0n) is 24.9. The molecule has 0 N–H and O–H groups in total. The maximum absolute atomic E-state index is 10.7. The van der Waals surface area contributed by atoms with E-state index in [4.69, 9.17) is 0 Å². The number of fused-ring (bicyclic) bond motifs is 6. The average Bonchev–Trinajstić information content (AvgIpc) is 3.64. The number of rotatable bonds is 4. The molecule has 46 heavy (non-hydrogen) atoms. The summed E-state index contributed by atoms with van der Waals surface area (Å²) in [5.41, 5.74) is 11.3. The van der Waals surface area contributed by atoms with E-state index < -0.39 is 0 Å². The first kappa shape index (κ1) is 26.1. The van der Waals surface area contributed by atoms with Gasteiger partial charge in [0, 0.05) is 32.7 Å². The summed E-state index contributed by atoms with van der Waals surface area (Å²) in [7, 11) is 0. The van der Waals surface area contributed by atoms with Gasteiger partial charge in [-0.3, -0.25) is 0 Å². The normalized spacial score (nSPS) is 11.5. The first-order valence-corrected chi connectivity index (χ1v) is 15.5. The molecule has 0 aliphatic carbocycles. The summed E-state index contributed by atoms with van der Waals surface area (Å²) in [4.78, 5) is 0. The molecule has 214 valence electrons. The molecule has 9 rings (SSSR count). The summed E-state index contributed by atoms with van der Waals surface area (Å²) in [5.74, 6) is 0. The quantitative estimate of drug-likeness (QED) is 0.202. The van der Waals surface area contributed by atoms with Crippen molar-refractivity contribution in [3.63, 3.8) is 0 Å². The Labute approximate surface area is 266 Å². The highest BCUT2D eigenvalue weighted by molar-refractivity contribution is 6.10. The fourth-order valence-corrected chi connectivity index (χ4v) is 7.22. The van der Waals surface area contributed by atoms with Gasteiger partial charge < -0.3 is 9.13 Å². The van der Waals surface area contributed by atoms with E-state index in [1.54, 1.807) is 0 Å². The molecular formula is C43H27N3. The molecule has 0 amide bonds. The highest BCUT2D eigenvalue weighted by atomic mass is 15.0. The number of para-hydroxylation sites is 5. The molecule has 0 saturated heterocycles. The van der Waals surface area contributed by atoms with Crippen LogP contribution in [0.15, 0.2) is 164 Å². The van der Waals surface area contributed by atoms with Crippen LogP contribution in [-0.4, -0.2) is 9.13 Å². The first-order valence-electron chi connectivity index (χ1n) is 15.5. The van der Waals surface area contributed by atoms with Gasteiger partial charge in [0.15, 0.2) is 0 Å². The number of hydrogen-bond donors (Lipinski definition) is 0. The third-order valence-electron chi connectivity index (χ3n) is 9.18. The van der Waals surface area contributed by atoms with E-state index in [1.807, 2.05) is 0 Å². The highest BCUT2D eigenvalue weighted by Gasteiger charge is 2.19. The van der Waals surface area contributed by atoms with Crippen molar-refractivity contribution in [2.24, 2.45) is 0 Å². The zero-order valence-corrected chi connectivity index (χ0v) is 24.9. The van der Waals surface area contributed by atoms with E-state index in [1.165, 1.54) is 32.6 Å². The van der Waals surface area contributed by atoms with E-state index in [0.717, 1.165) is 44.7 Å². The van der Waals surface area contributed by atoms with Crippen LogP contribution in [0.3, 0.4) is 0 Å². The molecule has 2 aromatic heterocycles. The summed E-state index contributed by atoms with van der Waals surface area (Å²) in [6, 6.07) is 60.0. The van der Waals surface area contributed by atoms with Crippen LogP contribution in [0.25, 0.3) is 77.2 Å². The summed E-state index contributed by atoms with van der Waals surface area (Å²) >= 11 is 0. The van der Waals surface area contributed by atoms with Crippen LogP contribution in [-0.2, 0) is 0 Å². The van der Waals surface area contributed by atoms with Gasteiger partial charge >= 0.3 is 0 Å². The Morgan fingerprint density at radius 3 is 1.30 bits per heavy atom. The lowest BCUT2D eigenvalue weighted by Crippen LogP contribution is -2.00. The smallest absolute Gasteiger partial charge is 0.102 e. The minimum Gasteiger partial charge on any atom is -0.309 e. The van der Waals surface area contributed by atoms with E-state index in [2.05, 4.69) is 179 Å². The third kappa shape index (κ3) is 3.84. The predicted octanol–water partition coefficient (Wildman–Crippen LogP) is 11.1. The predicted molar refractivity (Wildman–Crippen MR) is 191 cm³/mol. The monoisotopic (exact) mass is 585 g/mol. The maximum Gasteiger partial charge on any atom is 0.102 e. The number of aromatic nitrogens is 2. The van der Waals surface area contributed by atoms with Crippen molar-refractivity contribution in [1.29, 1.82) is 5.26 Å². The topological polar surface area (TPSA) is 33.6 Å². The standard InChI is InChI=1S/C43H27N3/c44-28-37-31(20-12-26-43(37)46-41-24-9-4-18-35(41)36-19-5-10-25-42(36)46)29-13-11-14-30(27-29)32-15-1-6-21-38(32)45-39-22-7-2-16-33(39)34-17-3-8-23-40(34)45/h1-27H. The number of hydrogen-bond acceptors (Lipinski definition) is 1. The molecule has 0 fully saturated rings. The lowest BCUT2D eigenvalue weighted by atomic mass is 9.94. The van der Waals surface area contributed by atoms with Crippen molar-refractivity contribution in [3.8, 4) is 39.7 Å². The second kappa shape index (κ2) is 10.4. The van der Waals surface area contributed by atoms with Crippen LogP contribution < -0.4 is 0 Å². The fraction of sp³-hybridized carbons (Fsp3) is 0. The SMILES string of the molecule is N#Cc1c(-c2cccc(-c3ccccc3-n3c4ccccc4c4ccccc43)c2)cccc1-n1c2ccccc2c2ccccc21. The lowest BCUT2D eigenvalue weighted by Gasteiger charge is -2.16. The van der Waals surface area contributed by atoms with Crippen molar-refractivity contribution in [2.45, 2.75) is 0 Å².